The number of hydrogen-bond acceptors (Lipinski definition) is 7. The number of nitrogens with two attached hydrogens (primary N) is 1. The van der Waals surface area contributed by atoms with Gasteiger partial charge in [-0.15, -0.1) is 0 Å². The van der Waals surface area contributed by atoms with Crippen LogP contribution in [-0.2, 0) is 0 Å². The third-order valence-electron chi connectivity index (χ3n) is 7.20. The van der Waals surface area contributed by atoms with Crippen molar-refractivity contribution in [3.63, 3.8) is 0 Å². The molecule has 3 aromatic rings. The number of aromatic nitrogens is 3. The minimum absolute atomic E-state index is 0.108. The summed E-state index contributed by atoms with van der Waals surface area (Å²) in [6, 6.07) is 7.82. The van der Waals surface area contributed by atoms with E-state index in [0.29, 0.717) is 17.4 Å². The highest BCUT2D eigenvalue weighted by Crippen LogP contribution is 2.38. The third-order valence-corrected chi connectivity index (χ3v) is 7.20. The van der Waals surface area contributed by atoms with Crippen LogP contribution in [0.1, 0.15) is 51.0 Å². The fourth-order valence-corrected chi connectivity index (χ4v) is 5.27. The Hall–Kier alpha value is -3.20. The van der Waals surface area contributed by atoms with Crippen LogP contribution in [0.3, 0.4) is 0 Å². The van der Waals surface area contributed by atoms with Crippen molar-refractivity contribution in [2.24, 2.45) is 5.92 Å². The molecule has 1 saturated heterocycles. The van der Waals surface area contributed by atoms with E-state index in [-0.39, 0.29) is 29.6 Å². The number of pyridine rings is 1. The second kappa shape index (κ2) is 8.97. The number of fused-ring (bicyclic) bond motifs is 1. The second-order valence-electron chi connectivity index (χ2n) is 9.28. The Labute approximate surface area is 192 Å². The van der Waals surface area contributed by atoms with E-state index < -0.39 is 4.92 Å². The van der Waals surface area contributed by atoms with E-state index in [4.69, 9.17) is 10.7 Å². The zero-order chi connectivity index (χ0) is 22.9. The smallest absolute Gasteiger partial charge is 0.318 e. The fourth-order valence-electron chi connectivity index (χ4n) is 5.27. The second-order valence-corrected chi connectivity index (χ2v) is 9.28. The predicted octanol–water partition coefficient (Wildman–Crippen LogP) is 4.30. The molecule has 1 aliphatic heterocycles. The molecular formula is C24H30N6O3. The molecule has 3 N–H and O–H groups in total. The number of imidazole rings is 1. The molecule has 0 bridgehead atoms. The molecule has 3 heterocycles. The third kappa shape index (κ3) is 4.13. The molecule has 2 aliphatic rings. The first-order valence-corrected chi connectivity index (χ1v) is 11.8. The van der Waals surface area contributed by atoms with Gasteiger partial charge in [0, 0.05) is 37.4 Å². The molecule has 0 spiro atoms. The maximum atomic E-state index is 11.9. The van der Waals surface area contributed by atoms with Crippen LogP contribution in [-0.4, -0.2) is 44.3 Å². The van der Waals surface area contributed by atoms with Gasteiger partial charge in [0.2, 0.25) is 0 Å². The van der Waals surface area contributed by atoms with Crippen molar-refractivity contribution in [3.05, 3.63) is 40.7 Å². The van der Waals surface area contributed by atoms with Crippen molar-refractivity contribution in [1.29, 1.82) is 0 Å². The van der Waals surface area contributed by atoms with Gasteiger partial charge in [-0.2, -0.15) is 0 Å². The SMILES string of the molecule is Nc1cc(N2CCC(CO)CC2)nc(-c2ccc3c(c2)ncn3C2CCCCC2)c1[N+](=O)[O-]. The molecule has 33 heavy (non-hydrogen) atoms. The minimum Gasteiger partial charge on any atom is -0.396 e. The zero-order valence-electron chi connectivity index (χ0n) is 18.7. The zero-order valence-corrected chi connectivity index (χ0v) is 18.7. The van der Waals surface area contributed by atoms with Gasteiger partial charge in [0.05, 0.1) is 22.3 Å². The van der Waals surface area contributed by atoms with Crippen molar-refractivity contribution < 1.29 is 10.0 Å². The molecule has 174 valence electrons. The normalized spacial score (nSPS) is 18.2. The quantitative estimate of drug-likeness (QED) is 0.439. The average molecular weight is 451 g/mol. The number of aliphatic hydroxyl groups excluding tert-OH is 1. The lowest BCUT2D eigenvalue weighted by Gasteiger charge is -2.32. The molecule has 0 radical (unpaired) electrons. The number of piperidine rings is 1. The standard InChI is InChI=1S/C24H30N6O3/c25-19-13-22(28-10-8-16(14-31)9-11-28)27-23(24(19)30(32)33)17-6-7-21-20(12-17)26-15-29(21)18-4-2-1-3-5-18/h6-7,12-13,15-16,18,31H,1-5,8-11,14H2,(H2,25,27). The molecule has 0 unspecified atom stereocenters. The molecule has 0 amide bonds. The highest BCUT2D eigenvalue weighted by Gasteiger charge is 2.27. The summed E-state index contributed by atoms with van der Waals surface area (Å²) in [6.45, 7) is 1.65. The number of nitrogens with zero attached hydrogens (tertiary/aromatic N) is 5. The van der Waals surface area contributed by atoms with Gasteiger partial charge in [-0.05, 0) is 43.7 Å². The number of benzene rings is 1. The van der Waals surface area contributed by atoms with Crippen LogP contribution in [0.15, 0.2) is 30.6 Å². The molecule has 2 aromatic heterocycles. The Balaban J connectivity index is 1.53. The molecule has 5 rings (SSSR count). The summed E-state index contributed by atoms with van der Waals surface area (Å²) < 4.78 is 2.25. The molecular weight excluding hydrogens is 420 g/mol. The topological polar surface area (TPSA) is 123 Å². The number of rotatable bonds is 5. The lowest BCUT2D eigenvalue weighted by molar-refractivity contribution is -0.383. The van der Waals surface area contributed by atoms with Gasteiger partial charge in [-0.3, -0.25) is 10.1 Å². The summed E-state index contributed by atoms with van der Waals surface area (Å²) in [7, 11) is 0. The average Bonchev–Trinajstić information content (AvgIpc) is 3.27. The number of nitro groups is 1. The molecule has 9 nitrogen and oxygen atoms in total. The van der Waals surface area contributed by atoms with Crippen LogP contribution < -0.4 is 10.6 Å². The van der Waals surface area contributed by atoms with Crippen LogP contribution in [0.4, 0.5) is 17.2 Å². The largest absolute Gasteiger partial charge is 0.396 e. The van der Waals surface area contributed by atoms with E-state index in [0.717, 1.165) is 49.8 Å². The van der Waals surface area contributed by atoms with Gasteiger partial charge in [0.15, 0.2) is 5.69 Å². The van der Waals surface area contributed by atoms with E-state index in [9.17, 15) is 15.2 Å². The Bertz CT molecular complexity index is 1160. The fraction of sp³-hybridized carbons (Fsp3) is 0.500. The number of hydrogen-bond donors (Lipinski definition) is 2. The van der Waals surface area contributed by atoms with Gasteiger partial charge in [0.25, 0.3) is 0 Å². The maximum absolute atomic E-state index is 11.9. The molecule has 2 fully saturated rings. The van der Waals surface area contributed by atoms with E-state index in [1.807, 2.05) is 24.5 Å². The van der Waals surface area contributed by atoms with Gasteiger partial charge in [-0.25, -0.2) is 9.97 Å². The summed E-state index contributed by atoms with van der Waals surface area (Å²) in [5.74, 6) is 0.926. The number of nitrogen functional groups attached to an aromatic ring is 1. The molecule has 1 aliphatic carbocycles. The van der Waals surface area contributed by atoms with Crippen LogP contribution in [0.5, 0.6) is 0 Å². The molecule has 1 aromatic carbocycles. The van der Waals surface area contributed by atoms with Crippen molar-refractivity contribution in [3.8, 4) is 11.3 Å². The first-order chi connectivity index (χ1) is 16.0. The van der Waals surface area contributed by atoms with Crippen LogP contribution in [0, 0.1) is 16.0 Å². The molecule has 1 saturated carbocycles. The monoisotopic (exact) mass is 450 g/mol. The van der Waals surface area contributed by atoms with E-state index >= 15 is 0 Å². The molecule has 0 atom stereocenters. The Morgan fingerprint density at radius 2 is 1.88 bits per heavy atom. The predicted molar refractivity (Wildman–Crippen MR) is 128 cm³/mol. The van der Waals surface area contributed by atoms with Crippen LogP contribution in [0.2, 0.25) is 0 Å². The van der Waals surface area contributed by atoms with E-state index in [1.54, 1.807) is 6.07 Å². The lowest BCUT2D eigenvalue weighted by Crippen LogP contribution is -2.35. The molecule has 9 heteroatoms. The lowest BCUT2D eigenvalue weighted by atomic mass is 9.95. The van der Waals surface area contributed by atoms with Gasteiger partial charge in [-0.1, -0.05) is 25.3 Å². The van der Waals surface area contributed by atoms with Gasteiger partial charge >= 0.3 is 5.69 Å². The van der Waals surface area contributed by atoms with Gasteiger partial charge in [0.1, 0.15) is 11.5 Å². The van der Waals surface area contributed by atoms with Crippen molar-refractivity contribution in [2.45, 2.75) is 51.0 Å². The Morgan fingerprint density at radius 1 is 1.12 bits per heavy atom. The number of anilines is 2. The first kappa shape index (κ1) is 21.6. The van der Waals surface area contributed by atoms with E-state index in [1.165, 1.54) is 19.3 Å². The first-order valence-electron chi connectivity index (χ1n) is 11.8. The Kier molecular flexibility index (Phi) is 5.88. The van der Waals surface area contributed by atoms with E-state index in [2.05, 4.69) is 14.5 Å². The maximum Gasteiger partial charge on any atom is 0.318 e. The highest BCUT2D eigenvalue weighted by molar-refractivity contribution is 5.87. The summed E-state index contributed by atoms with van der Waals surface area (Å²) in [6.07, 6.45) is 9.68. The van der Waals surface area contributed by atoms with Crippen LogP contribution in [0.25, 0.3) is 22.3 Å². The van der Waals surface area contributed by atoms with Crippen molar-refractivity contribution in [2.75, 3.05) is 30.3 Å². The Morgan fingerprint density at radius 3 is 2.58 bits per heavy atom. The van der Waals surface area contributed by atoms with Crippen molar-refractivity contribution >= 4 is 28.2 Å². The van der Waals surface area contributed by atoms with Crippen molar-refractivity contribution in [1.82, 2.24) is 14.5 Å². The summed E-state index contributed by atoms with van der Waals surface area (Å²) in [5.41, 5.74) is 8.87. The highest BCUT2D eigenvalue weighted by atomic mass is 16.6. The minimum atomic E-state index is -0.454. The van der Waals surface area contributed by atoms with Gasteiger partial charge < -0.3 is 20.3 Å². The summed E-state index contributed by atoms with van der Waals surface area (Å²) >= 11 is 0. The number of aliphatic hydroxyl groups is 1. The summed E-state index contributed by atoms with van der Waals surface area (Å²) in [4.78, 5) is 22.8. The van der Waals surface area contributed by atoms with Crippen LogP contribution >= 0.6 is 0 Å². The summed E-state index contributed by atoms with van der Waals surface area (Å²) in [5, 5.41) is 21.3.